The fraction of sp³-hybridized carbons (Fsp3) is 0.190. The van der Waals surface area contributed by atoms with Crippen LogP contribution in [0.1, 0.15) is 28.8 Å². The number of aryl methyl sites for hydroxylation is 1. The molecule has 1 aromatic carbocycles. The summed E-state index contributed by atoms with van der Waals surface area (Å²) in [5.74, 6) is -0.643. The van der Waals surface area contributed by atoms with Gasteiger partial charge < -0.3 is 13.7 Å². The first kappa shape index (κ1) is 19.1. The molecule has 3 heterocycles. The number of carbonyl (C=O) groups is 3. The van der Waals surface area contributed by atoms with Gasteiger partial charge in [0.25, 0.3) is 11.1 Å². The molecule has 3 aromatic rings. The molecule has 148 valence electrons. The Bertz CT molecular complexity index is 1160. The van der Waals surface area contributed by atoms with Crippen molar-refractivity contribution in [3.8, 4) is 0 Å². The number of para-hydroxylation sites is 1. The standard InChI is InChI=1S/C21H18N2O5S/c1-3-22-11-13(15-6-4-5-7-16(15)22)10-18-19(24)23(21(26)29-18)12-14-8-9-17(28-14)20(25)27-2/h4-11H,3,12H2,1-2H3. The van der Waals surface area contributed by atoms with Crippen molar-refractivity contribution in [1.29, 1.82) is 0 Å². The Morgan fingerprint density at radius 1 is 1.21 bits per heavy atom. The minimum absolute atomic E-state index is 0.0254. The molecule has 0 radical (unpaired) electrons. The van der Waals surface area contributed by atoms with Gasteiger partial charge in [0.05, 0.1) is 18.6 Å². The van der Waals surface area contributed by atoms with Crippen LogP contribution in [0.15, 0.2) is 51.9 Å². The number of thioether (sulfide) groups is 1. The summed E-state index contributed by atoms with van der Waals surface area (Å²) in [6, 6.07) is 10.9. The number of hydrogen-bond acceptors (Lipinski definition) is 6. The second kappa shape index (κ2) is 7.63. The molecule has 1 aliphatic rings. The number of nitrogens with zero attached hydrogens (tertiary/aromatic N) is 2. The van der Waals surface area contributed by atoms with Crippen LogP contribution in [-0.4, -0.2) is 33.7 Å². The van der Waals surface area contributed by atoms with Crippen LogP contribution in [0.2, 0.25) is 0 Å². The van der Waals surface area contributed by atoms with Crippen LogP contribution >= 0.6 is 11.8 Å². The van der Waals surface area contributed by atoms with Gasteiger partial charge in [-0.05, 0) is 43.0 Å². The van der Waals surface area contributed by atoms with Gasteiger partial charge in [0.15, 0.2) is 0 Å². The van der Waals surface area contributed by atoms with Crippen LogP contribution in [0.25, 0.3) is 17.0 Å². The van der Waals surface area contributed by atoms with E-state index in [4.69, 9.17) is 4.42 Å². The molecule has 0 N–H and O–H groups in total. The van der Waals surface area contributed by atoms with Crippen molar-refractivity contribution in [2.45, 2.75) is 20.0 Å². The van der Waals surface area contributed by atoms with E-state index in [9.17, 15) is 14.4 Å². The van der Waals surface area contributed by atoms with Gasteiger partial charge in [0.1, 0.15) is 5.76 Å². The van der Waals surface area contributed by atoms with Crippen molar-refractivity contribution in [2.24, 2.45) is 0 Å². The number of methoxy groups -OCH3 is 1. The molecular formula is C21H18N2O5S. The first-order valence-electron chi connectivity index (χ1n) is 9.02. The van der Waals surface area contributed by atoms with E-state index < -0.39 is 5.97 Å². The van der Waals surface area contributed by atoms with Crippen LogP contribution in [0.5, 0.6) is 0 Å². The highest BCUT2D eigenvalue weighted by atomic mass is 32.2. The van der Waals surface area contributed by atoms with Crippen molar-refractivity contribution in [3.63, 3.8) is 0 Å². The molecule has 1 aliphatic heterocycles. The Hall–Kier alpha value is -3.26. The van der Waals surface area contributed by atoms with Gasteiger partial charge in [-0.1, -0.05) is 18.2 Å². The quantitative estimate of drug-likeness (QED) is 0.461. The maximum atomic E-state index is 12.8. The van der Waals surface area contributed by atoms with Crippen molar-refractivity contribution >= 4 is 45.9 Å². The molecule has 29 heavy (non-hydrogen) atoms. The van der Waals surface area contributed by atoms with Crippen molar-refractivity contribution in [1.82, 2.24) is 9.47 Å². The zero-order chi connectivity index (χ0) is 20.5. The first-order valence-corrected chi connectivity index (χ1v) is 9.83. The Morgan fingerprint density at radius 3 is 2.76 bits per heavy atom. The lowest BCUT2D eigenvalue weighted by molar-refractivity contribution is -0.123. The minimum Gasteiger partial charge on any atom is -0.463 e. The van der Waals surface area contributed by atoms with Gasteiger partial charge in [0.2, 0.25) is 5.76 Å². The van der Waals surface area contributed by atoms with Gasteiger partial charge in [-0.15, -0.1) is 0 Å². The van der Waals surface area contributed by atoms with Crippen molar-refractivity contribution in [2.75, 3.05) is 7.11 Å². The summed E-state index contributed by atoms with van der Waals surface area (Å²) in [5, 5.41) is 0.645. The van der Waals surface area contributed by atoms with Crippen LogP contribution in [-0.2, 0) is 22.6 Å². The Labute approximate surface area is 170 Å². The molecule has 2 aromatic heterocycles. The third-order valence-electron chi connectivity index (χ3n) is 4.68. The first-order chi connectivity index (χ1) is 14.0. The zero-order valence-corrected chi connectivity index (χ0v) is 16.7. The number of esters is 1. The SMILES string of the molecule is CCn1cc(C=C2SC(=O)N(Cc3ccc(C(=O)OC)o3)C2=O)c2ccccc21. The van der Waals surface area contributed by atoms with E-state index in [0.717, 1.165) is 39.7 Å². The largest absolute Gasteiger partial charge is 0.463 e. The second-order valence-corrected chi connectivity index (χ2v) is 7.41. The van der Waals surface area contributed by atoms with E-state index in [1.165, 1.54) is 13.2 Å². The maximum Gasteiger partial charge on any atom is 0.373 e. The highest BCUT2D eigenvalue weighted by molar-refractivity contribution is 8.18. The minimum atomic E-state index is -0.613. The fourth-order valence-corrected chi connectivity index (χ4v) is 4.09. The number of aromatic nitrogens is 1. The number of rotatable bonds is 5. The average Bonchev–Trinajstić information content (AvgIpc) is 3.41. The van der Waals surface area contributed by atoms with Crippen molar-refractivity contribution < 1.29 is 23.5 Å². The molecule has 0 bridgehead atoms. The van der Waals surface area contributed by atoms with Crippen LogP contribution in [0, 0.1) is 0 Å². The molecule has 1 fully saturated rings. The topological polar surface area (TPSA) is 81.8 Å². The van der Waals surface area contributed by atoms with E-state index in [0.29, 0.717) is 10.7 Å². The van der Waals surface area contributed by atoms with Crippen LogP contribution in [0.3, 0.4) is 0 Å². The highest BCUT2D eigenvalue weighted by Gasteiger charge is 2.36. The number of carbonyl (C=O) groups excluding carboxylic acids is 3. The van der Waals surface area contributed by atoms with Crippen molar-refractivity contribution in [3.05, 3.63) is 64.6 Å². The third-order valence-corrected chi connectivity index (χ3v) is 5.59. The van der Waals surface area contributed by atoms with Gasteiger partial charge in [0, 0.05) is 29.2 Å². The molecule has 8 heteroatoms. The number of hydrogen-bond donors (Lipinski definition) is 0. The molecule has 1 saturated heterocycles. The fourth-order valence-electron chi connectivity index (χ4n) is 3.26. The highest BCUT2D eigenvalue weighted by Crippen LogP contribution is 2.35. The summed E-state index contributed by atoms with van der Waals surface area (Å²) >= 11 is 0.895. The summed E-state index contributed by atoms with van der Waals surface area (Å²) in [6.07, 6.45) is 3.73. The predicted molar refractivity (Wildman–Crippen MR) is 109 cm³/mol. The molecule has 4 rings (SSSR count). The van der Waals surface area contributed by atoms with Crippen LogP contribution < -0.4 is 0 Å². The lowest BCUT2D eigenvalue weighted by Gasteiger charge is -2.09. The Balaban J connectivity index is 1.60. The molecule has 0 saturated carbocycles. The summed E-state index contributed by atoms with van der Waals surface area (Å²) in [6.45, 7) is 2.81. The lowest BCUT2D eigenvalue weighted by Crippen LogP contribution is -2.27. The zero-order valence-electron chi connectivity index (χ0n) is 15.9. The predicted octanol–water partition coefficient (Wildman–Crippen LogP) is 4.28. The molecule has 2 amide bonds. The molecule has 7 nitrogen and oxygen atoms in total. The van der Waals surface area contributed by atoms with E-state index in [1.807, 2.05) is 30.5 Å². The van der Waals surface area contributed by atoms with Gasteiger partial charge in [-0.25, -0.2) is 4.79 Å². The van der Waals surface area contributed by atoms with E-state index in [1.54, 1.807) is 12.1 Å². The lowest BCUT2D eigenvalue weighted by atomic mass is 10.1. The van der Waals surface area contributed by atoms with Gasteiger partial charge in [-0.3, -0.25) is 14.5 Å². The molecular weight excluding hydrogens is 392 g/mol. The third kappa shape index (κ3) is 3.47. The smallest absolute Gasteiger partial charge is 0.373 e. The summed E-state index contributed by atoms with van der Waals surface area (Å²) < 4.78 is 12.1. The number of imide groups is 1. The molecule has 0 unspecified atom stereocenters. The number of fused-ring (bicyclic) bond motifs is 1. The van der Waals surface area contributed by atoms with Gasteiger partial charge in [-0.2, -0.15) is 0 Å². The molecule has 0 spiro atoms. The number of amides is 2. The number of ether oxygens (including phenoxy) is 1. The number of furan rings is 1. The maximum absolute atomic E-state index is 12.8. The normalized spacial score (nSPS) is 15.7. The van der Waals surface area contributed by atoms with Crippen LogP contribution in [0.4, 0.5) is 4.79 Å². The summed E-state index contributed by atoms with van der Waals surface area (Å²) in [5.41, 5.74) is 1.96. The van der Waals surface area contributed by atoms with E-state index in [2.05, 4.69) is 16.2 Å². The Kier molecular flexibility index (Phi) is 5.02. The average molecular weight is 410 g/mol. The molecule has 0 aliphatic carbocycles. The Morgan fingerprint density at radius 2 is 2.00 bits per heavy atom. The number of benzene rings is 1. The molecule has 0 atom stereocenters. The summed E-state index contributed by atoms with van der Waals surface area (Å²) in [7, 11) is 1.25. The monoisotopic (exact) mass is 410 g/mol. The van der Waals surface area contributed by atoms with E-state index in [-0.39, 0.29) is 23.5 Å². The summed E-state index contributed by atoms with van der Waals surface area (Å²) in [4.78, 5) is 38.2. The second-order valence-electron chi connectivity index (χ2n) is 6.41. The van der Waals surface area contributed by atoms with E-state index >= 15 is 0 Å². The van der Waals surface area contributed by atoms with Gasteiger partial charge >= 0.3 is 5.97 Å².